The number of carboxylic acids is 1. The van der Waals surface area contributed by atoms with Gasteiger partial charge in [0.15, 0.2) is 22.8 Å². The largest absolute Gasteiger partial charge is 1.00 e. The number of carbonyl (C=O) groups is 4. The summed E-state index contributed by atoms with van der Waals surface area (Å²) in [5.74, 6) is -2.91. The summed E-state index contributed by atoms with van der Waals surface area (Å²) in [6.07, 6.45) is -8.46. The number of aliphatic carboxylic acids is 1. The molecule has 2 aromatic heterocycles. The second-order valence-corrected chi connectivity index (χ2v) is 17.0. The van der Waals surface area contributed by atoms with E-state index in [1.807, 2.05) is 0 Å². The van der Waals surface area contributed by atoms with Crippen LogP contribution in [0.25, 0.3) is 11.2 Å². The zero-order valence-electron chi connectivity index (χ0n) is 32.0. The Labute approximate surface area is 381 Å². The Bertz CT molecular complexity index is 1850. The molecule has 0 aliphatic carbocycles. The molecule has 1 fully saturated rings. The molecule has 7 atom stereocenters. The monoisotopic (exact) mass is 877 g/mol. The summed E-state index contributed by atoms with van der Waals surface area (Å²) in [7, 11) is -17.6. The van der Waals surface area contributed by atoms with Gasteiger partial charge in [0.1, 0.15) is 42.7 Å². The topological polar surface area (TPSA) is 412 Å². The van der Waals surface area contributed by atoms with Gasteiger partial charge in [-0.15, -0.1) is 0 Å². The van der Waals surface area contributed by atoms with Crippen LogP contribution in [-0.2, 0) is 55.5 Å². The van der Waals surface area contributed by atoms with E-state index < -0.39 is 102 Å². The van der Waals surface area contributed by atoms with Gasteiger partial charge in [0.25, 0.3) is 15.6 Å². The van der Waals surface area contributed by atoms with Crippen molar-refractivity contribution in [3.8, 4) is 0 Å². The molecule has 1 aliphatic rings. The number of ether oxygens (including phenoxy) is 1. The van der Waals surface area contributed by atoms with E-state index in [4.69, 9.17) is 15.6 Å². The number of phosphoric acid groups is 3. The fourth-order valence-corrected chi connectivity index (χ4v) is 7.84. The molecule has 58 heavy (non-hydrogen) atoms. The number of fused-ring (bicyclic) bond motifs is 1. The molecule has 1 aliphatic heterocycles. The molecule has 2 amide bonds. The number of nitrogens with one attached hydrogen (secondary N) is 2. The van der Waals surface area contributed by atoms with Crippen molar-refractivity contribution >= 4 is 75.1 Å². The number of hydrogen-bond acceptors (Lipinski definition) is 23. The zero-order valence-corrected chi connectivity index (χ0v) is 35.5. The predicted molar refractivity (Wildman–Crippen MR) is 170 cm³/mol. The van der Waals surface area contributed by atoms with Crippen molar-refractivity contribution in [1.29, 1.82) is 0 Å². The first-order chi connectivity index (χ1) is 24.9. The summed E-state index contributed by atoms with van der Waals surface area (Å²) in [4.78, 5) is 105. The predicted octanol–water partition coefficient (Wildman–Crippen LogP) is -16.4. The molecule has 0 saturated carbocycles. The first-order valence-corrected chi connectivity index (χ1v) is 20.5. The third kappa shape index (κ3) is 18.8. The van der Waals surface area contributed by atoms with Crippen LogP contribution < -0.4 is 111 Å². The fraction of sp³-hybridized carbons (Fsp3) is 0.625. The van der Waals surface area contributed by atoms with Crippen molar-refractivity contribution in [3.05, 3.63) is 12.7 Å². The molecular weight excluding hydrogens is 843 g/mol. The maximum atomic E-state index is 12.5. The second kappa shape index (κ2) is 25.5. The maximum absolute atomic E-state index is 12.5. The minimum Gasteiger partial charge on any atom is -0.790 e. The molecule has 0 radical (unpaired) electrons. The Morgan fingerprint density at radius 3 is 2.24 bits per heavy atom. The van der Waals surface area contributed by atoms with Crippen molar-refractivity contribution in [2.24, 2.45) is 5.41 Å². The van der Waals surface area contributed by atoms with Crippen LogP contribution in [0.2, 0.25) is 0 Å². The Morgan fingerprint density at radius 1 is 1.02 bits per heavy atom. The summed E-state index contributed by atoms with van der Waals surface area (Å²) in [6, 6.07) is 0. The van der Waals surface area contributed by atoms with Gasteiger partial charge < -0.3 is 74.1 Å². The Morgan fingerprint density at radius 2 is 1.64 bits per heavy atom. The molecule has 304 valence electrons. The second-order valence-electron chi connectivity index (χ2n) is 11.8. The van der Waals surface area contributed by atoms with Crippen LogP contribution >= 0.6 is 35.2 Å². The molecular formula is C24H34Li4N7O19P3S. The molecule has 2 unspecified atom stereocenters. The number of thioether (sulfide) groups is 1. The molecule has 3 heterocycles. The summed E-state index contributed by atoms with van der Waals surface area (Å²) in [6.45, 7) is -0.268. The number of nitrogens with two attached hydrogens (primary N) is 1. The third-order valence-corrected chi connectivity index (χ3v) is 10.9. The smallest absolute Gasteiger partial charge is 0.790 e. The Kier molecular flexibility index (Phi) is 26.2. The molecule has 26 nitrogen and oxygen atoms in total. The molecule has 0 spiro atoms. The van der Waals surface area contributed by atoms with Gasteiger partial charge in [0.2, 0.25) is 11.8 Å². The van der Waals surface area contributed by atoms with Crippen LogP contribution in [0.5, 0.6) is 0 Å². The van der Waals surface area contributed by atoms with Crippen LogP contribution in [0.1, 0.15) is 32.9 Å². The zero-order chi connectivity index (χ0) is 40.6. The van der Waals surface area contributed by atoms with Gasteiger partial charge in [0, 0.05) is 30.7 Å². The number of phosphoric ester groups is 3. The van der Waals surface area contributed by atoms with E-state index in [-0.39, 0.29) is 118 Å². The van der Waals surface area contributed by atoms with E-state index in [1.54, 1.807) is 0 Å². The van der Waals surface area contributed by atoms with Gasteiger partial charge in [-0.2, -0.15) is 0 Å². The van der Waals surface area contributed by atoms with E-state index in [9.17, 15) is 62.7 Å². The van der Waals surface area contributed by atoms with Crippen LogP contribution in [0.4, 0.5) is 5.82 Å². The summed E-state index contributed by atoms with van der Waals surface area (Å²) >= 11 is 0.706. The number of rotatable bonds is 21. The molecule has 0 bridgehead atoms. The van der Waals surface area contributed by atoms with Crippen LogP contribution in [0, 0.1) is 5.41 Å². The standard InChI is InChI=1S/C24H38N7O19P3S.4Li/c1-24(2,19(37)22(38)27-4-3-13(32)26-5-6-54-15(35)7-14(33)34)9-47-53(44,45)50-52(42,43)46-8-12-18(49-51(39,40)41)17(36)23(48-12)31-11-30-16-20(25)28-10-29-21(16)31;;;;/h10-12,17-19,23,36-37H,3-9H2,1-2H3,(H,26,32)(H,27,38)(H,33,34)(H,42,43)(H,44,45)(H2,25,28,29)(H2,39,40,41);;;;/q;4*+1/p-4/t12-,17-,18+,19+,23-;;;;/m1..../s1. The number of aliphatic hydroxyl groups is 2. The van der Waals surface area contributed by atoms with Crippen LogP contribution in [0.15, 0.2) is 12.7 Å². The van der Waals surface area contributed by atoms with E-state index in [0.717, 1.165) is 31.1 Å². The van der Waals surface area contributed by atoms with E-state index in [1.165, 1.54) is 0 Å². The normalized spacial score (nSPS) is 20.4. The maximum Gasteiger partial charge on any atom is 1.00 e. The molecule has 3 rings (SSSR count). The molecule has 34 heteroatoms. The third-order valence-electron chi connectivity index (χ3n) is 7.04. The SMILES string of the molecule is CC(C)(COP(=O)([O-])OP(=O)([O-])OC[C@H]1O[C@@H](n2cnc3c(N)ncnc32)[C@H](O)[C@H]1OP(=O)([O-])[O-])[C@@H](O)C(=O)NCCC(=O)NCCSC(=O)CC(=O)O.[Li+].[Li+].[Li+].[Li+]. The van der Waals surface area contributed by atoms with Gasteiger partial charge in [-0.05, 0) is 0 Å². The molecule has 7 N–H and O–H groups in total. The molecule has 0 aromatic carbocycles. The number of amides is 2. The van der Waals surface area contributed by atoms with E-state index >= 15 is 0 Å². The number of imidazole rings is 1. The Balaban J connectivity index is 0. The van der Waals surface area contributed by atoms with Crippen molar-refractivity contribution in [2.75, 3.05) is 37.8 Å². The average Bonchev–Trinajstić information content (AvgIpc) is 3.60. The quantitative estimate of drug-likeness (QED) is 0.0293. The fourth-order valence-electron chi connectivity index (χ4n) is 4.45. The number of carboxylic acid groups (broad SMARTS) is 1. The minimum absolute atomic E-state index is 0. The number of aromatic nitrogens is 4. The van der Waals surface area contributed by atoms with Gasteiger partial charge in [-0.25, -0.2) is 19.3 Å². The molecule has 2 aromatic rings. The van der Waals surface area contributed by atoms with Crippen molar-refractivity contribution < 1.29 is 166 Å². The van der Waals surface area contributed by atoms with Crippen LogP contribution in [-0.4, -0.2) is 114 Å². The van der Waals surface area contributed by atoms with Crippen molar-refractivity contribution in [3.63, 3.8) is 0 Å². The number of carbonyl (C=O) groups excluding carboxylic acids is 3. The Hall–Kier alpha value is -0.580. The average molecular weight is 877 g/mol. The van der Waals surface area contributed by atoms with Gasteiger partial charge in [-0.3, -0.25) is 32.9 Å². The van der Waals surface area contributed by atoms with Gasteiger partial charge in [-0.1, -0.05) is 25.6 Å². The van der Waals surface area contributed by atoms with Gasteiger partial charge >= 0.3 is 81.4 Å². The number of aliphatic hydroxyl groups excluding tert-OH is 2. The van der Waals surface area contributed by atoms with Crippen molar-refractivity contribution in [2.45, 2.75) is 57.3 Å². The van der Waals surface area contributed by atoms with Gasteiger partial charge in [0.05, 0.1) is 27.4 Å². The number of hydrogen-bond donors (Lipinski definition) is 6. The first kappa shape index (κ1) is 59.5. The number of nitrogens with zero attached hydrogens (tertiary/aromatic N) is 4. The molecule has 1 saturated heterocycles. The number of nitrogen functional groups attached to an aromatic ring is 1. The first-order valence-electron chi connectivity index (χ1n) is 15.1. The van der Waals surface area contributed by atoms with Crippen LogP contribution in [0.3, 0.4) is 0 Å². The van der Waals surface area contributed by atoms with E-state index in [2.05, 4.69) is 43.5 Å². The number of anilines is 1. The summed E-state index contributed by atoms with van der Waals surface area (Å²) in [5, 5.41) is 33.8. The minimum atomic E-state index is -5.93. The van der Waals surface area contributed by atoms with E-state index in [0.29, 0.717) is 11.8 Å². The summed E-state index contributed by atoms with van der Waals surface area (Å²) < 4.78 is 60.2. The summed E-state index contributed by atoms with van der Waals surface area (Å²) in [5.41, 5.74) is 3.99. The van der Waals surface area contributed by atoms with Crippen molar-refractivity contribution in [1.82, 2.24) is 30.2 Å².